The van der Waals surface area contributed by atoms with Crippen LogP contribution in [0.3, 0.4) is 0 Å². The van der Waals surface area contributed by atoms with Gasteiger partial charge in [-0.15, -0.1) is 0 Å². The van der Waals surface area contributed by atoms with Crippen LogP contribution in [0.15, 0.2) is 30.5 Å². The van der Waals surface area contributed by atoms with E-state index in [9.17, 15) is 9.59 Å². The number of nitrogens with one attached hydrogen (secondary N) is 1. The number of benzene rings is 1. The van der Waals surface area contributed by atoms with Crippen molar-refractivity contribution in [3.8, 4) is 5.75 Å². The van der Waals surface area contributed by atoms with E-state index in [0.717, 1.165) is 17.7 Å². The average molecular weight is 353 g/mol. The van der Waals surface area contributed by atoms with Crippen molar-refractivity contribution < 1.29 is 14.3 Å². The van der Waals surface area contributed by atoms with E-state index < -0.39 is 0 Å². The molecule has 0 aliphatic heterocycles. The number of ketones is 1. The molecule has 0 fully saturated rings. The van der Waals surface area contributed by atoms with Crippen molar-refractivity contribution in [2.75, 3.05) is 12.4 Å². The van der Waals surface area contributed by atoms with Gasteiger partial charge < -0.3 is 4.74 Å². The molecule has 6 nitrogen and oxygen atoms in total. The number of Topliss-reactive ketones (excluding diaryl/α,β-unsaturated/α-hetero) is 1. The average Bonchev–Trinajstić information content (AvgIpc) is 2.67. The van der Waals surface area contributed by atoms with Gasteiger partial charge in [0.25, 0.3) is 0 Å². The molecule has 0 saturated carbocycles. The van der Waals surface area contributed by atoms with Crippen molar-refractivity contribution in [3.05, 3.63) is 47.3 Å². The topological polar surface area (TPSA) is 81.2 Å². The molecule has 136 valence electrons. The smallest absolute Gasteiger partial charge is 0.229 e. The van der Waals surface area contributed by atoms with E-state index in [4.69, 9.17) is 4.74 Å². The maximum atomic E-state index is 12.5. The number of rotatable bonds is 5. The molecule has 2 atom stereocenters. The van der Waals surface area contributed by atoms with E-state index in [-0.39, 0.29) is 29.5 Å². The van der Waals surface area contributed by atoms with Crippen molar-refractivity contribution in [3.63, 3.8) is 0 Å². The molecule has 0 spiro atoms. The van der Waals surface area contributed by atoms with Gasteiger partial charge in [0, 0.05) is 18.5 Å². The van der Waals surface area contributed by atoms with Crippen molar-refractivity contribution in [2.24, 2.45) is 5.92 Å². The molecule has 1 heterocycles. The van der Waals surface area contributed by atoms with E-state index >= 15 is 0 Å². The summed E-state index contributed by atoms with van der Waals surface area (Å²) in [5, 5.41) is 2.74. The second kappa shape index (κ2) is 7.64. The Morgan fingerprint density at radius 3 is 2.69 bits per heavy atom. The van der Waals surface area contributed by atoms with Crippen molar-refractivity contribution in [1.29, 1.82) is 0 Å². The Labute approximate surface area is 153 Å². The Hall–Kier alpha value is -2.76. The summed E-state index contributed by atoms with van der Waals surface area (Å²) in [6.07, 6.45) is 3.35. The fraction of sp³-hybridized carbons (Fsp3) is 0.400. The minimum atomic E-state index is -0.110. The van der Waals surface area contributed by atoms with Gasteiger partial charge >= 0.3 is 0 Å². The minimum Gasteiger partial charge on any atom is -0.497 e. The number of carbonyl (C=O) groups excluding carboxylic acids is 2. The van der Waals surface area contributed by atoms with Crippen LogP contribution in [0.25, 0.3) is 0 Å². The van der Waals surface area contributed by atoms with E-state index in [2.05, 4.69) is 15.3 Å². The van der Waals surface area contributed by atoms with E-state index in [1.165, 1.54) is 6.20 Å². The first-order valence-corrected chi connectivity index (χ1v) is 8.85. The number of amides is 1. The van der Waals surface area contributed by atoms with Gasteiger partial charge in [-0.3, -0.25) is 14.9 Å². The van der Waals surface area contributed by atoms with Crippen molar-refractivity contribution >= 4 is 17.6 Å². The van der Waals surface area contributed by atoms with Crippen LogP contribution in [0, 0.1) is 5.92 Å². The molecule has 1 aliphatic carbocycles. The summed E-state index contributed by atoms with van der Waals surface area (Å²) in [6.45, 7) is 3.81. The lowest BCUT2D eigenvalue weighted by molar-refractivity contribution is -0.119. The van der Waals surface area contributed by atoms with Gasteiger partial charge in [-0.25, -0.2) is 9.97 Å². The first kappa shape index (κ1) is 18.0. The maximum absolute atomic E-state index is 12.5. The molecule has 0 saturated heterocycles. The quantitative estimate of drug-likeness (QED) is 0.891. The molecule has 6 heteroatoms. The van der Waals surface area contributed by atoms with E-state index in [1.54, 1.807) is 7.11 Å². The monoisotopic (exact) mass is 353 g/mol. The largest absolute Gasteiger partial charge is 0.497 e. The predicted octanol–water partition coefficient (Wildman–Crippen LogP) is 3.38. The van der Waals surface area contributed by atoms with Gasteiger partial charge in [0.15, 0.2) is 5.78 Å². The van der Waals surface area contributed by atoms with Crippen LogP contribution in [0.2, 0.25) is 0 Å². The number of ether oxygens (including phenoxy) is 1. The van der Waals surface area contributed by atoms with Crippen LogP contribution >= 0.6 is 0 Å². The van der Waals surface area contributed by atoms with Crippen LogP contribution in [0.4, 0.5) is 5.95 Å². The molecular weight excluding hydrogens is 330 g/mol. The number of methoxy groups -OCH3 is 1. The van der Waals surface area contributed by atoms with Crippen LogP contribution < -0.4 is 10.1 Å². The SMILES string of the molecule is CC[C@H](C)C(=O)Nc1ncc2c(n1)C[C@H](c1ccc(OC)cc1)CC2=O. The zero-order chi connectivity index (χ0) is 18.7. The molecular formula is C20H23N3O3. The molecule has 1 amide bonds. The second-order valence-corrected chi connectivity index (χ2v) is 6.65. The predicted molar refractivity (Wildman–Crippen MR) is 98.5 cm³/mol. The van der Waals surface area contributed by atoms with E-state index in [0.29, 0.717) is 24.1 Å². The Morgan fingerprint density at radius 2 is 2.04 bits per heavy atom. The first-order chi connectivity index (χ1) is 12.5. The lowest BCUT2D eigenvalue weighted by Crippen LogP contribution is -2.24. The summed E-state index contributed by atoms with van der Waals surface area (Å²) in [4.78, 5) is 33.1. The van der Waals surface area contributed by atoms with Crippen LogP contribution in [-0.4, -0.2) is 28.8 Å². The first-order valence-electron chi connectivity index (χ1n) is 8.85. The highest BCUT2D eigenvalue weighted by molar-refractivity contribution is 5.99. The lowest BCUT2D eigenvalue weighted by atomic mass is 9.82. The number of hydrogen-bond donors (Lipinski definition) is 1. The maximum Gasteiger partial charge on any atom is 0.229 e. The number of nitrogens with zero attached hydrogens (tertiary/aromatic N) is 2. The molecule has 1 aromatic carbocycles. The fourth-order valence-electron chi connectivity index (χ4n) is 3.04. The van der Waals surface area contributed by atoms with Gasteiger partial charge in [0.1, 0.15) is 5.75 Å². The number of aromatic nitrogens is 2. The standard InChI is InChI=1S/C20H23N3O3/c1-4-12(2)19(25)23-20-21-11-16-17(22-20)9-14(10-18(16)24)13-5-7-15(26-3)8-6-13/h5-8,11-12,14H,4,9-10H2,1-3H3,(H,21,22,23,25)/t12-,14-/m0/s1. The summed E-state index contributed by atoms with van der Waals surface area (Å²) in [5.41, 5.74) is 2.32. The highest BCUT2D eigenvalue weighted by Crippen LogP contribution is 2.32. The Morgan fingerprint density at radius 1 is 1.31 bits per heavy atom. The van der Waals surface area contributed by atoms with E-state index in [1.807, 2.05) is 38.1 Å². The molecule has 0 unspecified atom stereocenters. The summed E-state index contributed by atoms with van der Waals surface area (Å²) in [5.74, 6) is 0.927. The lowest BCUT2D eigenvalue weighted by Gasteiger charge is -2.23. The Balaban J connectivity index is 1.82. The highest BCUT2D eigenvalue weighted by Gasteiger charge is 2.28. The van der Waals surface area contributed by atoms with Crippen LogP contribution in [0.1, 0.15) is 54.2 Å². The molecule has 3 rings (SSSR count). The number of fused-ring (bicyclic) bond motifs is 1. The summed E-state index contributed by atoms with van der Waals surface area (Å²) < 4.78 is 5.19. The van der Waals surface area contributed by atoms with Gasteiger partial charge in [0.05, 0.1) is 18.4 Å². The van der Waals surface area contributed by atoms with Crippen LogP contribution in [-0.2, 0) is 11.2 Å². The fourth-order valence-corrected chi connectivity index (χ4v) is 3.04. The summed E-state index contributed by atoms with van der Waals surface area (Å²) >= 11 is 0. The number of anilines is 1. The van der Waals surface area contributed by atoms with Gasteiger partial charge in [0.2, 0.25) is 11.9 Å². The normalized spacial score (nSPS) is 17.3. The van der Waals surface area contributed by atoms with Gasteiger partial charge in [-0.1, -0.05) is 26.0 Å². The summed E-state index contributed by atoms with van der Waals surface area (Å²) in [6, 6.07) is 7.75. The van der Waals surface area contributed by atoms with Crippen LogP contribution in [0.5, 0.6) is 5.75 Å². The molecule has 0 bridgehead atoms. The molecule has 1 N–H and O–H groups in total. The third kappa shape index (κ3) is 3.74. The molecule has 1 aliphatic rings. The van der Waals surface area contributed by atoms with Crippen molar-refractivity contribution in [2.45, 2.75) is 39.0 Å². The minimum absolute atomic E-state index is 0.0341. The summed E-state index contributed by atoms with van der Waals surface area (Å²) in [7, 11) is 1.63. The molecule has 26 heavy (non-hydrogen) atoms. The van der Waals surface area contributed by atoms with Gasteiger partial charge in [-0.05, 0) is 36.5 Å². The van der Waals surface area contributed by atoms with Crippen molar-refractivity contribution in [1.82, 2.24) is 9.97 Å². The molecule has 0 radical (unpaired) electrons. The zero-order valence-electron chi connectivity index (χ0n) is 15.3. The Bertz CT molecular complexity index is 818. The molecule has 2 aromatic rings. The zero-order valence-corrected chi connectivity index (χ0v) is 15.3. The number of hydrogen-bond acceptors (Lipinski definition) is 5. The molecule has 1 aromatic heterocycles. The third-order valence-corrected chi connectivity index (χ3v) is 4.92. The highest BCUT2D eigenvalue weighted by atomic mass is 16.5. The second-order valence-electron chi connectivity index (χ2n) is 6.65. The third-order valence-electron chi connectivity index (χ3n) is 4.92. The van der Waals surface area contributed by atoms with Gasteiger partial charge in [-0.2, -0.15) is 0 Å². The Kier molecular flexibility index (Phi) is 5.30. The number of carbonyl (C=O) groups is 2.